The number of imidazole rings is 1. The molecular weight excluding hydrogens is 316 g/mol. The van der Waals surface area contributed by atoms with Crippen molar-refractivity contribution >= 4 is 17.2 Å². The molecule has 3 rings (SSSR count). The standard InChI is InChI=1S/C19H22N4O2/c1-14-6-4-9-18-20-13-17(23(14)18)19(24)21-15-7-5-8-16(12-15)25-11-10-22(2)3/h4-9,12-13H,10-11H2,1-3H3,(H,21,24). The average Bonchev–Trinajstić information content (AvgIpc) is 3.00. The zero-order chi connectivity index (χ0) is 17.8. The summed E-state index contributed by atoms with van der Waals surface area (Å²) in [6.45, 7) is 3.37. The second kappa shape index (κ2) is 7.36. The zero-order valence-corrected chi connectivity index (χ0v) is 14.7. The lowest BCUT2D eigenvalue weighted by molar-refractivity contribution is 0.102. The molecule has 130 valence electrons. The molecule has 0 saturated carbocycles. The highest BCUT2D eigenvalue weighted by Crippen LogP contribution is 2.19. The topological polar surface area (TPSA) is 58.9 Å². The summed E-state index contributed by atoms with van der Waals surface area (Å²) in [4.78, 5) is 19.0. The molecule has 0 saturated heterocycles. The number of likely N-dealkylation sites (N-methyl/N-ethyl adjacent to an activating group) is 1. The molecule has 0 aliphatic heterocycles. The number of amides is 1. The molecule has 0 radical (unpaired) electrons. The Hall–Kier alpha value is -2.86. The first-order valence-electron chi connectivity index (χ1n) is 8.16. The van der Waals surface area contributed by atoms with E-state index in [0.717, 1.165) is 23.6 Å². The van der Waals surface area contributed by atoms with E-state index in [4.69, 9.17) is 4.74 Å². The highest BCUT2D eigenvalue weighted by Gasteiger charge is 2.13. The van der Waals surface area contributed by atoms with Gasteiger partial charge >= 0.3 is 0 Å². The number of aromatic nitrogens is 2. The van der Waals surface area contributed by atoms with Crippen LogP contribution < -0.4 is 10.1 Å². The van der Waals surface area contributed by atoms with Crippen LogP contribution in [0.15, 0.2) is 48.7 Å². The smallest absolute Gasteiger partial charge is 0.274 e. The Morgan fingerprint density at radius 3 is 2.84 bits per heavy atom. The van der Waals surface area contributed by atoms with E-state index in [-0.39, 0.29) is 5.91 Å². The Bertz CT molecular complexity index is 886. The van der Waals surface area contributed by atoms with Gasteiger partial charge in [0.15, 0.2) is 0 Å². The van der Waals surface area contributed by atoms with E-state index in [1.54, 1.807) is 6.20 Å². The summed E-state index contributed by atoms with van der Waals surface area (Å²) in [6, 6.07) is 13.2. The lowest BCUT2D eigenvalue weighted by Gasteiger charge is -2.12. The van der Waals surface area contributed by atoms with Crippen LogP contribution in [0.4, 0.5) is 5.69 Å². The number of ether oxygens (including phenoxy) is 1. The van der Waals surface area contributed by atoms with Gasteiger partial charge < -0.3 is 15.0 Å². The van der Waals surface area contributed by atoms with E-state index in [1.807, 2.05) is 67.9 Å². The number of hydrogen-bond acceptors (Lipinski definition) is 4. The van der Waals surface area contributed by atoms with Crippen LogP contribution in [0.1, 0.15) is 16.2 Å². The number of nitrogens with zero attached hydrogens (tertiary/aromatic N) is 3. The third-order valence-electron chi connectivity index (χ3n) is 3.86. The Kier molecular flexibility index (Phi) is 5.00. The van der Waals surface area contributed by atoms with Gasteiger partial charge in [-0.25, -0.2) is 4.98 Å². The van der Waals surface area contributed by atoms with Gasteiger partial charge in [-0.05, 0) is 45.3 Å². The van der Waals surface area contributed by atoms with Crippen molar-refractivity contribution in [1.82, 2.24) is 14.3 Å². The van der Waals surface area contributed by atoms with Gasteiger partial charge in [0.25, 0.3) is 5.91 Å². The molecular formula is C19H22N4O2. The highest BCUT2D eigenvalue weighted by molar-refractivity contribution is 6.03. The molecule has 6 nitrogen and oxygen atoms in total. The van der Waals surface area contributed by atoms with E-state index < -0.39 is 0 Å². The van der Waals surface area contributed by atoms with Crippen LogP contribution in [-0.2, 0) is 0 Å². The van der Waals surface area contributed by atoms with E-state index in [0.29, 0.717) is 18.0 Å². The van der Waals surface area contributed by atoms with Crippen LogP contribution in [0, 0.1) is 6.92 Å². The molecule has 0 aliphatic rings. The average molecular weight is 338 g/mol. The van der Waals surface area contributed by atoms with Crippen molar-refractivity contribution in [3.63, 3.8) is 0 Å². The number of nitrogens with one attached hydrogen (secondary N) is 1. The second-order valence-electron chi connectivity index (χ2n) is 6.14. The van der Waals surface area contributed by atoms with Gasteiger partial charge in [-0.3, -0.25) is 9.20 Å². The number of hydrogen-bond donors (Lipinski definition) is 1. The van der Waals surface area contributed by atoms with Crippen molar-refractivity contribution in [3.8, 4) is 5.75 Å². The molecule has 0 bridgehead atoms. The minimum atomic E-state index is -0.202. The van der Waals surface area contributed by atoms with Crippen LogP contribution >= 0.6 is 0 Å². The molecule has 0 unspecified atom stereocenters. The minimum Gasteiger partial charge on any atom is -0.492 e. The lowest BCUT2D eigenvalue weighted by Crippen LogP contribution is -2.19. The van der Waals surface area contributed by atoms with Crippen molar-refractivity contribution in [2.75, 3.05) is 32.6 Å². The predicted octanol–water partition coefficient (Wildman–Crippen LogP) is 2.84. The van der Waals surface area contributed by atoms with Crippen LogP contribution in [-0.4, -0.2) is 47.4 Å². The van der Waals surface area contributed by atoms with Gasteiger partial charge in [-0.1, -0.05) is 12.1 Å². The van der Waals surface area contributed by atoms with E-state index in [1.165, 1.54) is 0 Å². The van der Waals surface area contributed by atoms with E-state index in [9.17, 15) is 4.79 Å². The van der Waals surface area contributed by atoms with Crippen LogP contribution in [0.3, 0.4) is 0 Å². The fourth-order valence-corrected chi connectivity index (χ4v) is 2.57. The molecule has 1 amide bonds. The third-order valence-corrected chi connectivity index (χ3v) is 3.86. The summed E-state index contributed by atoms with van der Waals surface area (Å²) in [5.41, 5.74) is 2.91. The first-order chi connectivity index (χ1) is 12.0. The van der Waals surface area contributed by atoms with Gasteiger partial charge in [-0.2, -0.15) is 0 Å². The maximum absolute atomic E-state index is 12.6. The third kappa shape index (κ3) is 3.97. The lowest BCUT2D eigenvalue weighted by atomic mass is 10.3. The number of anilines is 1. The first-order valence-corrected chi connectivity index (χ1v) is 8.16. The second-order valence-corrected chi connectivity index (χ2v) is 6.14. The predicted molar refractivity (Wildman–Crippen MR) is 98.4 cm³/mol. The number of pyridine rings is 1. The number of benzene rings is 1. The van der Waals surface area contributed by atoms with E-state index >= 15 is 0 Å². The number of carbonyl (C=O) groups excluding carboxylic acids is 1. The van der Waals surface area contributed by atoms with E-state index in [2.05, 4.69) is 15.2 Å². The van der Waals surface area contributed by atoms with Gasteiger partial charge in [0.05, 0.1) is 6.20 Å². The summed E-state index contributed by atoms with van der Waals surface area (Å²) in [7, 11) is 4.00. The van der Waals surface area contributed by atoms with Crippen LogP contribution in [0.5, 0.6) is 5.75 Å². The van der Waals surface area contributed by atoms with Gasteiger partial charge in [0.2, 0.25) is 0 Å². The molecule has 0 aliphatic carbocycles. The number of fused-ring (bicyclic) bond motifs is 1. The molecule has 25 heavy (non-hydrogen) atoms. The molecule has 3 aromatic rings. The van der Waals surface area contributed by atoms with Crippen molar-refractivity contribution in [3.05, 3.63) is 60.0 Å². The zero-order valence-electron chi connectivity index (χ0n) is 14.7. The first kappa shape index (κ1) is 17.0. The number of rotatable bonds is 6. The molecule has 0 spiro atoms. The van der Waals surface area contributed by atoms with Crippen LogP contribution in [0.25, 0.3) is 5.65 Å². The Morgan fingerprint density at radius 1 is 1.24 bits per heavy atom. The molecule has 0 atom stereocenters. The maximum atomic E-state index is 12.6. The quantitative estimate of drug-likeness (QED) is 0.751. The molecule has 2 aromatic heterocycles. The van der Waals surface area contributed by atoms with Crippen molar-refractivity contribution < 1.29 is 9.53 Å². The van der Waals surface area contributed by atoms with Crippen molar-refractivity contribution in [2.24, 2.45) is 0 Å². The molecule has 1 aromatic carbocycles. The monoisotopic (exact) mass is 338 g/mol. The molecule has 0 fully saturated rings. The number of carbonyl (C=O) groups is 1. The van der Waals surface area contributed by atoms with Crippen molar-refractivity contribution in [1.29, 1.82) is 0 Å². The minimum absolute atomic E-state index is 0.202. The van der Waals surface area contributed by atoms with Gasteiger partial charge in [-0.15, -0.1) is 0 Å². The molecule has 6 heteroatoms. The highest BCUT2D eigenvalue weighted by atomic mass is 16.5. The van der Waals surface area contributed by atoms with Crippen molar-refractivity contribution in [2.45, 2.75) is 6.92 Å². The summed E-state index contributed by atoms with van der Waals surface area (Å²) in [5, 5.41) is 2.91. The molecule has 2 heterocycles. The number of aryl methyl sites for hydroxylation is 1. The Labute approximate surface area is 147 Å². The van der Waals surface area contributed by atoms with Gasteiger partial charge in [0.1, 0.15) is 23.7 Å². The Balaban J connectivity index is 1.74. The SMILES string of the molecule is Cc1cccc2ncc(C(=O)Nc3cccc(OCCN(C)C)c3)n12. The summed E-state index contributed by atoms with van der Waals surface area (Å²) in [6.07, 6.45) is 1.59. The molecule has 1 N–H and O–H groups in total. The maximum Gasteiger partial charge on any atom is 0.274 e. The fraction of sp³-hybridized carbons (Fsp3) is 0.263. The van der Waals surface area contributed by atoms with Gasteiger partial charge in [0, 0.05) is 24.0 Å². The fourth-order valence-electron chi connectivity index (χ4n) is 2.57. The largest absolute Gasteiger partial charge is 0.492 e. The summed E-state index contributed by atoms with van der Waals surface area (Å²) < 4.78 is 7.55. The Morgan fingerprint density at radius 2 is 2.04 bits per heavy atom. The normalized spacial score (nSPS) is 11.0. The summed E-state index contributed by atoms with van der Waals surface area (Å²) in [5.74, 6) is 0.529. The van der Waals surface area contributed by atoms with Crippen LogP contribution in [0.2, 0.25) is 0 Å². The summed E-state index contributed by atoms with van der Waals surface area (Å²) >= 11 is 0.